The van der Waals surface area contributed by atoms with E-state index in [-0.39, 0.29) is 5.91 Å². The van der Waals surface area contributed by atoms with E-state index in [1.165, 1.54) is 0 Å². The molecule has 0 aromatic carbocycles. The Morgan fingerprint density at radius 1 is 1.50 bits per heavy atom. The van der Waals surface area contributed by atoms with E-state index in [0.717, 1.165) is 21.7 Å². The van der Waals surface area contributed by atoms with Gasteiger partial charge in [-0.25, -0.2) is 4.98 Å². The zero-order valence-corrected chi connectivity index (χ0v) is 13.8. The van der Waals surface area contributed by atoms with E-state index >= 15 is 0 Å². The number of aromatic nitrogens is 1. The Bertz CT molecular complexity index is 600. The monoisotopic (exact) mass is 353 g/mol. The maximum absolute atomic E-state index is 12.3. The Balaban J connectivity index is 2.07. The topological polar surface area (TPSA) is 45.2 Å². The van der Waals surface area contributed by atoms with Gasteiger partial charge in [-0.3, -0.25) is 4.79 Å². The molecule has 0 aliphatic carbocycles. The summed E-state index contributed by atoms with van der Waals surface area (Å²) in [7, 11) is 1.79. The lowest BCUT2D eigenvalue weighted by molar-refractivity contribution is 0.0781. The van der Waals surface area contributed by atoms with E-state index < -0.39 is 0 Å². The molecule has 1 N–H and O–H groups in total. The van der Waals surface area contributed by atoms with Crippen molar-refractivity contribution < 1.29 is 4.79 Å². The number of halogens is 1. The van der Waals surface area contributed by atoms with Crippen molar-refractivity contribution in [3.63, 3.8) is 0 Å². The first kappa shape index (κ1) is 15.0. The minimum Gasteiger partial charge on any atom is -0.370 e. The predicted molar refractivity (Wildman–Crippen MR) is 86.2 cm³/mol. The lowest BCUT2D eigenvalue weighted by Gasteiger charge is -2.16. The number of thiophene rings is 1. The largest absolute Gasteiger partial charge is 0.370 e. The van der Waals surface area contributed by atoms with Crippen molar-refractivity contribution in [2.75, 3.05) is 18.9 Å². The zero-order valence-electron chi connectivity index (χ0n) is 11.4. The highest BCUT2D eigenvalue weighted by Crippen LogP contribution is 2.21. The molecule has 0 radical (unpaired) electrons. The van der Waals surface area contributed by atoms with Gasteiger partial charge in [0.15, 0.2) is 0 Å². The van der Waals surface area contributed by atoms with Crippen LogP contribution in [0.15, 0.2) is 34.1 Å². The first-order valence-electron chi connectivity index (χ1n) is 6.29. The van der Waals surface area contributed by atoms with Gasteiger partial charge in [0.25, 0.3) is 5.91 Å². The Morgan fingerprint density at radius 2 is 2.30 bits per heavy atom. The average Bonchev–Trinajstić information content (AvgIpc) is 2.84. The number of anilines is 1. The van der Waals surface area contributed by atoms with Gasteiger partial charge in [-0.05, 0) is 41.1 Å². The average molecular weight is 354 g/mol. The minimum atomic E-state index is -0.0747. The molecule has 0 aliphatic rings. The molecule has 4 nitrogen and oxygen atoms in total. The summed E-state index contributed by atoms with van der Waals surface area (Å²) in [5, 5.41) is 5.12. The second-order valence-electron chi connectivity index (χ2n) is 4.33. The molecule has 2 aromatic heterocycles. The third-order valence-electron chi connectivity index (χ3n) is 2.69. The predicted octanol–water partition coefficient (Wildman–Crippen LogP) is 3.61. The maximum atomic E-state index is 12.3. The molecule has 0 spiro atoms. The van der Waals surface area contributed by atoms with Crippen LogP contribution in [-0.2, 0) is 6.54 Å². The molecule has 106 valence electrons. The van der Waals surface area contributed by atoms with Crippen LogP contribution in [0.1, 0.15) is 22.3 Å². The van der Waals surface area contributed by atoms with E-state index in [1.807, 2.05) is 30.5 Å². The van der Waals surface area contributed by atoms with Gasteiger partial charge < -0.3 is 10.2 Å². The van der Waals surface area contributed by atoms with Crippen molar-refractivity contribution in [2.24, 2.45) is 0 Å². The van der Waals surface area contributed by atoms with E-state index in [1.54, 1.807) is 29.4 Å². The number of carbonyl (C=O) groups is 1. The first-order chi connectivity index (χ1) is 9.60. The number of nitrogens with zero attached hydrogens (tertiary/aromatic N) is 2. The van der Waals surface area contributed by atoms with Crippen LogP contribution in [0.4, 0.5) is 5.82 Å². The van der Waals surface area contributed by atoms with Crippen molar-refractivity contribution in [3.05, 3.63) is 44.7 Å². The molecule has 6 heteroatoms. The van der Waals surface area contributed by atoms with Crippen LogP contribution in [-0.4, -0.2) is 29.4 Å². The fraction of sp³-hybridized carbons (Fsp3) is 0.286. The van der Waals surface area contributed by atoms with Gasteiger partial charge in [-0.1, -0.05) is 6.07 Å². The fourth-order valence-corrected chi connectivity index (χ4v) is 3.27. The molecule has 1 amide bonds. The Labute approximate surface area is 131 Å². The highest BCUT2D eigenvalue weighted by Gasteiger charge is 2.14. The first-order valence-corrected chi connectivity index (χ1v) is 7.96. The van der Waals surface area contributed by atoms with Gasteiger partial charge in [0.05, 0.1) is 6.54 Å². The van der Waals surface area contributed by atoms with Gasteiger partial charge >= 0.3 is 0 Å². The molecule has 0 atom stereocenters. The van der Waals surface area contributed by atoms with Gasteiger partial charge in [0.2, 0.25) is 0 Å². The normalized spacial score (nSPS) is 10.3. The van der Waals surface area contributed by atoms with Crippen molar-refractivity contribution >= 4 is 39.0 Å². The molecule has 0 saturated heterocycles. The van der Waals surface area contributed by atoms with E-state index in [2.05, 4.69) is 26.2 Å². The summed E-state index contributed by atoms with van der Waals surface area (Å²) in [6.45, 7) is 3.36. The smallest absolute Gasteiger partial charge is 0.272 e. The molecule has 0 bridgehead atoms. The number of carbonyl (C=O) groups excluding carboxylic acids is 1. The van der Waals surface area contributed by atoms with Crippen molar-refractivity contribution in [1.29, 1.82) is 0 Å². The summed E-state index contributed by atoms with van der Waals surface area (Å²) in [5.41, 5.74) is 0.460. The highest BCUT2D eigenvalue weighted by atomic mass is 79.9. The zero-order chi connectivity index (χ0) is 14.5. The third-order valence-corrected chi connectivity index (χ3v) is 4.37. The summed E-state index contributed by atoms with van der Waals surface area (Å²) in [4.78, 5) is 19.5. The molecule has 0 saturated carbocycles. The molecular weight excluding hydrogens is 338 g/mol. The summed E-state index contributed by atoms with van der Waals surface area (Å²) in [5.74, 6) is 0.653. The van der Waals surface area contributed by atoms with Crippen molar-refractivity contribution in [1.82, 2.24) is 9.88 Å². The number of nitrogens with one attached hydrogen (secondary N) is 1. The number of hydrogen-bond acceptors (Lipinski definition) is 4. The molecular formula is C14H16BrN3OS. The van der Waals surface area contributed by atoms with E-state index in [0.29, 0.717) is 12.2 Å². The van der Waals surface area contributed by atoms with Gasteiger partial charge in [0.1, 0.15) is 11.5 Å². The van der Waals surface area contributed by atoms with Gasteiger partial charge in [-0.15, -0.1) is 11.3 Å². The van der Waals surface area contributed by atoms with Gasteiger partial charge in [-0.2, -0.15) is 0 Å². The van der Waals surface area contributed by atoms with Crippen LogP contribution < -0.4 is 5.32 Å². The summed E-state index contributed by atoms with van der Waals surface area (Å²) >= 11 is 5.05. The molecule has 0 unspecified atom stereocenters. The lowest BCUT2D eigenvalue weighted by Crippen LogP contribution is -2.26. The number of rotatable bonds is 5. The molecule has 0 fully saturated rings. The molecule has 2 aromatic rings. The second-order valence-corrected chi connectivity index (χ2v) is 6.24. The second kappa shape index (κ2) is 6.85. The van der Waals surface area contributed by atoms with Crippen molar-refractivity contribution in [3.8, 4) is 0 Å². The fourth-order valence-electron chi connectivity index (χ4n) is 1.77. The third kappa shape index (κ3) is 3.80. The van der Waals surface area contributed by atoms with E-state index in [4.69, 9.17) is 0 Å². The summed E-state index contributed by atoms with van der Waals surface area (Å²) in [6.07, 6.45) is 0. The Morgan fingerprint density at radius 3 is 2.95 bits per heavy atom. The number of hydrogen-bond donors (Lipinski definition) is 1. The van der Waals surface area contributed by atoms with Crippen LogP contribution in [0, 0.1) is 0 Å². The van der Waals surface area contributed by atoms with Crippen LogP contribution in [0.25, 0.3) is 0 Å². The maximum Gasteiger partial charge on any atom is 0.272 e. The summed E-state index contributed by atoms with van der Waals surface area (Å²) < 4.78 is 1.05. The van der Waals surface area contributed by atoms with Crippen molar-refractivity contribution in [2.45, 2.75) is 13.5 Å². The minimum absolute atomic E-state index is 0.0747. The standard InChI is InChI=1S/C14H16BrN3OS/c1-3-16-13-6-4-5-12(17-13)14(19)18(2)8-11-7-10(15)9-20-11/h4-7,9H,3,8H2,1-2H3,(H,16,17). The molecule has 20 heavy (non-hydrogen) atoms. The number of amides is 1. The van der Waals surface area contributed by atoms with Crippen LogP contribution >= 0.6 is 27.3 Å². The highest BCUT2D eigenvalue weighted by molar-refractivity contribution is 9.10. The van der Waals surface area contributed by atoms with Crippen LogP contribution in [0.5, 0.6) is 0 Å². The van der Waals surface area contributed by atoms with E-state index in [9.17, 15) is 4.79 Å². The SMILES string of the molecule is CCNc1cccc(C(=O)N(C)Cc2cc(Br)cs2)n1. The lowest BCUT2D eigenvalue weighted by atomic mass is 10.3. The Kier molecular flexibility index (Phi) is 5.14. The quantitative estimate of drug-likeness (QED) is 0.892. The number of pyridine rings is 1. The van der Waals surface area contributed by atoms with Crippen LogP contribution in [0.3, 0.4) is 0 Å². The molecule has 0 aliphatic heterocycles. The van der Waals surface area contributed by atoms with Crippen LogP contribution in [0.2, 0.25) is 0 Å². The van der Waals surface area contributed by atoms with Gasteiger partial charge in [0, 0.05) is 28.3 Å². The molecule has 2 heterocycles. The molecule has 2 rings (SSSR count). The summed E-state index contributed by atoms with van der Waals surface area (Å²) in [6, 6.07) is 7.46. The Hall–Kier alpha value is -1.40.